The van der Waals surface area contributed by atoms with E-state index in [1.807, 2.05) is 121 Å². The van der Waals surface area contributed by atoms with Gasteiger partial charge in [-0.15, -0.1) is 0 Å². The van der Waals surface area contributed by atoms with Crippen LogP contribution in [0.25, 0.3) is 33.4 Å². The molecule has 0 bridgehead atoms. The van der Waals surface area contributed by atoms with Gasteiger partial charge in [0.15, 0.2) is 0 Å². The summed E-state index contributed by atoms with van der Waals surface area (Å²) in [6.07, 6.45) is 0. The zero-order valence-electron chi connectivity index (χ0n) is 31.5. The Labute approximate surface area is 340 Å². The van der Waals surface area contributed by atoms with Crippen LogP contribution >= 0.6 is 0 Å². The van der Waals surface area contributed by atoms with Crippen LogP contribution in [0, 0.1) is 47.4 Å². The van der Waals surface area contributed by atoms with Gasteiger partial charge in [-0.05, 0) is 153 Å². The standard InChI is InChI=1S/C58H32/c1-5-13-41(14-6-1)21-25-45-29-33-49-50-34-30-46(26-22-42-15-7-2-8-16-42)38-54(50)57(53(49)37-45)58-55-39-47(27-23-43-17-9-3-10-18-43)31-35-51(55)52-36-32-48(40-56(52)58)28-24-44-19-11-4-12-20-44/h1-20,29-40H. The average Bonchev–Trinajstić information content (AvgIpc) is 3.77. The Balaban J connectivity index is 1.22. The Morgan fingerprint density at radius 1 is 0.172 bits per heavy atom. The lowest BCUT2D eigenvalue weighted by molar-refractivity contribution is 1.57. The van der Waals surface area contributed by atoms with Gasteiger partial charge in [-0.3, -0.25) is 0 Å². The number of hydrogen-bond donors (Lipinski definition) is 0. The van der Waals surface area contributed by atoms with Crippen molar-refractivity contribution in [3.05, 3.63) is 261 Å². The molecule has 264 valence electrons. The summed E-state index contributed by atoms with van der Waals surface area (Å²) in [6, 6.07) is 67.2. The van der Waals surface area contributed by atoms with Crippen molar-refractivity contribution in [3.8, 4) is 69.6 Å². The number of rotatable bonds is 0. The quantitative estimate of drug-likeness (QED) is 0.136. The summed E-state index contributed by atoms with van der Waals surface area (Å²) in [5, 5.41) is 0. The smallest absolute Gasteiger partial charge is 0.0255 e. The van der Waals surface area contributed by atoms with Crippen LogP contribution in [0.15, 0.2) is 194 Å². The van der Waals surface area contributed by atoms with Crippen LogP contribution in [0.4, 0.5) is 0 Å². The van der Waals surface area contributed by atoms with Crippen LogP contribution in [0.1, 0.15) is 66.8 Å². The van der Waals surface area contributed by atoms with Crippen molar-refractivity contribution in [1.29, 1.82) is 0 Å². The highest BCUT2D eigenvalue weighted by Gasteiger charge is 2.33. The van der Waals surface area contributed by atoms with E-state index in [0.29, 0.717) is 0 Å². The summed E-state index contributed by atoms with van der Waals surface area (Å²) in [7, 11) is 0. The van der Waals surface area contributed by atoms with Crippen molar-refractivity contribution < 1.29 is 0 Å². The molecule has 2 aliphatic carbocycles. The van der Waals surface area contributed by atoms with E-state index in [4.69, 9.17) is 0 Å². The molecule has 8 aromatic carbocycles. The maximum atomic E-state index is 3.47. The maximum Gasteiger partial charge on any atom is 0.0255 e. The minimum atomic E-state index is 0.959. The first kappa shape index (κ1) is 34.2. The summed E-state index contributed by atoms with van der Waals surface area (Å²) in [4.78, 5) is 0. The predicted molar refractivity (Wildman–Crippen MR) is 238 cm³/mol. The molecule has 0 N–H and O–H groups in total. The highest BCUT2D eigenvalue weighted by atomic mass is 14.4. The van der Waals surface area contributed by atoms with E-state index in [1.54, 1.807) is 0 Å². The number of benzene rings is 8. The summed E-state index contributed by atoms with van der Waals surface area (Å²) in [5.74, 6) is 27.4. The minimum absolute atomic E-state index is 0.959. The fourth-order valence-corrected chi connectivity index (χ4v) is 7.75. The van der Waals surface area contributed by atoms with Crippen LogP contribution in [0.5, 0.6) is 0 Å². The maximum absolute atomic E-state index is 3.47. The first-order valence-corrected chi connectivity index (χ1v) is 19.3. The molecule has 0 amide bonds. The Hall–Kier alpha value is -8.26. The molecule has 58 heavy (non-hydrogen) atoms. The van der Waals surface area contributed by atoms with Gasteiger partial charge in [0.1, 0.15) is 0 Å². The van der Waals surface area contributed by atoms with Crippen LogP contribution < -0.4 is 0 Å². The monoisotopic (exact) mass is 728 g/mol. The highest BCUT2D eigenvalue weighted by Crippen LogP contribution is 2.54. The van der Waals surface area contributed by atoms with Gasteiger partial charge in [0.25, 0.3) is 0 Å². The molecule has 0 saturated heterocycles. The lowest BCUT2D eigenvalue weighted by Crippen LogP contribution is -1.93. The third-order valence-electron chi connectivity index (χ3n) is 10.5. The van der Waals surface area contributed by atoms with Crippen LogP contribution in [-0.4, -0.2) is 0 Å². The summed E-state index contributed by atoms with van der Waals surface area (Å²) in [6.45, 7) is 0. The molecule has 0 heterocycles. The third-order valence-corrected chi connectivity index (χ3v) is 10.5. The number of hydrogen-bond acceptors (Lipinski definition) is 0. The van der Waals surface area contributed by atoms with Crippen LogP contribution in [0.2, 0.25) is 0 Å². The molecule has 10 rings (SSSR count). The van der Waals surface area contributed by atoms with Gasteiger partial charge in [-0.2, -0.15) is 0 Å². The van der Waals surface area contributed by atoms with Crippen molar-refractivity contribution in [2.24, 2.45) is 0 Å². The Bertz CT molecular complexity index is 2750. The topological polar surface area (TPSA) is 0 Å². The second-order valence-electron chi connectivity index (χ2n) is 14.3. The predicted octanol–water partition coefficient (Wildman–Crippen LogP) is 12.3. The van der Waals surface area contributed by atoms with E-state index in [2.05, 4.69) is 120 Å². The summed E-state index contributed by atoms with van der Waals surface area (Å²) in [5.41, 5.74) is 19.4. The fraction of sp³-hybridized carbons (Fsp3) is 0. The highest BCUT2D eigenvalue weighted by molar-refractivity contribution is 6.19. The molecule has 0 aliphatic heterocycles. The van der Waals surface area contributed by atoms with Gasteiger partial charge in [-0.1, -0.05) is 144 Å². The van der Waals surface area contributed by atoms with Crippen molar-refractivity contribution in [2.45, 2.75) is 0 Å². The zero-order chi connectivity index (χ0) is 38.7. The Kier molecular flexibility index (Phi) is 8.92. The second-order valence-corrected chi connectivity index (χ2v) is 14.3. The minimum Gasteiger partial charge on any atom is -0.0622 e. The van der Waals surface area contributed by atoms with Crippen LogP contribution in [0.3, 0.4) is 0 Å². The summed E-state index contributed by atoms with van der Waals surface area (Å²) < 4.78 is 0. The van der Waals surface area contributed by atoms with Crippen molar-refractivity contribution in [1.82, 2.24) is 0 Å². The number of fused-ring (bicyclic) bond motifs is 6. The molecule has 0 atom stereocenters. The second kappa shape index (κ2) is 15.1. The normalized spacial score (nSPS) is 11.2. The van der Waals surface area contributed by atoms with Gasteiger partial charge in [0, 0.05) is 44.5 Å². The van der Waals surface area contributed by atoms with Crippen molar-refractivity contribution in [3.63, 3.8) is 0 Å². The molecule has 8 aromatic rings. The van der Waals surface area contributed by atoms with Gasteiger partial charge >= 0.3 is 0 Å². The largest absolute Gasteiger partial charge is 0.0622 e. The van der Waals surface area contributed by atoms with E-state index < -0.39 is 0 Å². The Morgan fingerprint density at radius 2 is 0.379 bits per heavy atom. The zero-order valence-corrected chi connectivity index (χ0v) is 31.5. The molecule has 0 saturated carbocycles. The van der Waals surface area contributed by atoms with Gasteiger partial charge in [0.05, 0.1) is 0 Å². The molecule has 2 aliphatic rings. The molecule has 0 heteroatoms. The van der Waals surface area contributed by atoms with E-state index in [0.717, 1.165) is 77.9 Å². The first-order valence-electron chi connectivity index (χ1n) is 19.3. The van der Waals surface area contributed by atoms with E-state index >= 15 is 0 Å². The molecular weight excluding hydrogens is 697 g/mol. The summed E-state index contributed by atoms with van der Waals surface area (Å²) >= 11 is 0. The molecule has 0 unspecified atom stereocenters. The van der Waals surface area contributed by atoms with Crippen LogP contribution in [-0.2, 0) is 0 Å². The molecule has 0 aromatic heterocycles. The SMILES string of the molecule is C(#Cc1ccc2c(c1)C(=C1c3cc(C#Cc4ccccc4)ccc3-c3ccc(C#Cc4ccccc4)cc31)c1cc(C#Cc3ccccc3)ccc1-2)c1ccccc1. The molecular formula is C58H32. The fourth-order valence-electron chi connectivity index (χ4n) is 7.75. The van der Waals surface area contributed by atoms with E-state index in [1.165, 1.54) is 22.3 Å². The lowest BCUT2D eigenvalue weighted by Gasteiger charge is -2.13. The average molecular weight is 729 g/mol. The Morgan fingerprint density at radius 3 is 0.603 bits per heavy atom. The third kappa shape index (κ3) is 6.81. The van der Waals surface area contributed by atoms with E-state index in [-0.39, 0.29) is 0 Å². The van der Waals surface area contributed by atoms with Crippen molar-refractivity contribution in [2.75, 3.05) is 0 Å². The molecule has 0 spiro atoms. The van der Waals surface area contributed by atoms with E-state index in [9.17, 15) is 0 Å². The molecule has 0 radical (unpaired) electrons. The molecule has 0 nitrogen and oxygen atoms in total. The van der Waals surface area contributed by atoms with Gasteiger partial charge < -0.3 is 0 Å². The first-order chi connectivity index (χ1) is 28.7. The lowest BCUT2D eigenvalue weighted by atomic mass is 9.89. The van der Waals surface area contributed by atoms with Gasteiger partial charge in [-0.25, -0.2) is 0 Å². The van der Waals surface area contributed by atoms with Gasteiger partial charge in [0.2, 0.25) is 0 Å². The van der Waals surface area contributed by atoms with Crippen molar-refractivity contribution >= 4 is 11.1 Å². The molecule has 0 fully saturated rings.